The largest absolute Gasteiger partial charge is 0.356 e. The highest BCUT2D eigenvalue weighted by molar-refractivity contribution is 6.35. The Kier molecular flexibility index (Phi) is 5.69. The number of nitrogens with zero attached hydrogens (tertiary/aromatic N) is 2. The Balaban J connectivity index is 1.61. The molecule has 0 bridgehead atoms. The van der Waals surface area contributed by atoms with Gasteiger partial charge in [0.15, 0.2) is 0 Å². The SMILES string of the molecule is CC(=O)NCC[C@@H]1CCCN(Cc2ccc3cccc(Cl)c3n2)C1. The number of piperidine rings is 1. The van der Waals surface area contributed by atoms with Crippen LogP contribution in [-0.2, 0) is 11.3 Å². The first-order chi connectivity index (χ1) is 11.6. The molecule has 0 radical (unpaired) electrons. The van der Waals surface area contributed by atoms with E-state index in [0.717, 1.165) is 49.2 Å². The van der Waals surface area contributed by atoms with Crippen molar-refractivity contribution < 1.29 is 4.79 Å². The number of likely N-dealkylation sites (tertiary alicyclic amines) is 1. The zero-order chi connectivity index (χ0) is 16.9. The molecule has 0 spiro atoms. The highest BCUT2D eigenvalue weighted by Crippen LogP contribution is 2.24. The second-order valence-corrected chi connectivity index (χ2v) is 7.04. The molecular weight excluding hydrogens is 322 g/mol. The van der Waals surface area contributed by atoms with Crippen molar-refractivity contribution in [3.05, 3.63) is 41.0 Å². The van der Waals surface area contributed by atoms with E-state index in [1.165, 1.54) is 12.8 Å². The molecule has 1 N–H and O–H groups in total. The normalized spacial score (nSPS) is 18.7. The quantitative estimate of drug-likeness (QED) is 0.900. The fourth-order valence-corrected chi connectivity index (χ4v) is 3.68. The Morgan fingerprint density at radius 3 is 3.08 bits per heavy atom. The molecule has 1 aliphatic rings. The van der Waals surface area contributed by atoms with Crippen molar-refractivity contribution in [1.82, 2.24) is 15.2 Å². The van der Waals surface area contributed by atoms with Crippen molar-refractivity contribution in [2.24, 2.45) is 5.92 Å². The lowest BCUT2D eigenvalue weighted by atomic mass is 9.94. The van der Waals surface area contributed by atoms with Crippen LogP contribution < -0.4 is 5.32 Å². The number of amides is 1. The number of hydrogen-bond donors (Lipinski definition) is 1. The van der Waals surface area contributed by atoms with Gasteiger partial charge in [-0.15, -0.1) is 0 Å². The molecule has 1 saturated heterocycles. The van der Waals surface area contributed by atoms with Crippen LogP contribution in [0.2, 0.25) is 5.02 Å². The number of carbonyl (C=O) groups excluding carboxylic acids is 1. The van der Waals surface area contributed by atoms with Crippen LogP contribution in [0.15, 0.2) is 30.3 Å². The zero-order valence-electron chi connectivity index (χ0n) is 14.1. The van der Waals surface area contributed by atoms with E-state index >= 15 is 0 Å². The molecule has 24 heavy (non-hydrogen) atoms. The number of hydrogen-bond acceptors (Lipinski definition) is 3. The molecule has 4 nitrogen and oxygen atoms in total. The van der Waals surface area contributed by atoms with E-state index in [-0.39, 0.29) is 5.91 Å². The summed E-state index contributed by atoms with van der Waals surface area (Å²) < 4.78 is 0. The molecule has 2 heterocycles. The zero-order valence-corrected chi connectivity index (χ0v) is 14.9. The van der Waals surface area contributed by atoms with E-state index in [4.69, 9.17) is 16.6 Å². The highest BCUT2D eigenvalue weighted by Gasteiger charge is 2.20. The van der Waals surface area contributed by atoms with Crippen LogP contribution in [0.25, 0.3) is 10.9 Å². The topological polar surface area (TPSA) is 45.2 Å². The summed E-state index contributed by atoms with van der Waals surface area (Å²) in [6.07, 6.45) is 3.50. The second-order valence-electron chi connectivity index (χ2n) is 6.63. The first kappa shape index (κ1) is 17.2. The average molecular weight is 346 g/mol. The third-order valence-corrected chi connectivity index (χ3v) is 4.95. The molecule has 5 heteroatoms. The Morgan fingerprint density at radius 1 is 1.38 bits per heavy atom. The van der Waals surface area contributed by atoms with Crippen LogP contribution in [-0.4, -0.2) is 35.4 Å². The number of carbonyl (C=O) groups is 1. The van der Waals surface area contributed by atoms with Gasteiger partial charge in [-0.1, -0.05) is 29.8 Å². The second kappa shape index (κ2) is 7.95. The maximum atomic E-state index is 11.0. The number of aromatic nitrogens is 1. The fraction of sp³-hybridized carbons (Fsp3) is 0.474. The van der Waals surface area contributed by atoms with E-state index in [1.54, 1.807) is 6.92 Å². The van der Waals surface area contributed by atoms with Gasteiger partial charge in [-0.05, 0) is 43.9 Å². The lowest BCUT2D eigenvalue weighted by Gasteiger charge is -2.32. The molecule has 1 aromatic heterocycles. The highest BCUT2D eigenvalue weighted by atomic mass is 35.5. The van der Waals surface area contributed by atoms with Gasteiger partial charge in [-0.3, -0.25) is 9.69 Å². The van der Waals surface area contributed by atoms with Crippen molar-refractivity contribution in [2.45, 2.75) is 32.7 Å². The molecule has 1 aliphatic heterocycles. The Labute approximate surface area is 148 Å². The third-order valence-electron chi connectivity index (χ3n) is 4.64. The van der Waals surface area contributed by atoms with E-state index in [0.29, 0.717) is 10.9 Å². The van der Waals surface area contributed by atoms with Gasteiger partial charge in [0, 0.05) is 31.9 Å². The van der Waals surface area contributed by atoms with Gasteiger partial charge >= 0.3 is 0 Å². The minimum absolute atomic E-state index is 0.0555. The summed E-state index contributed by atoms with van der Waals surface area (Å²) in [5.41, 5.74) is 1.95. The van der Waals surface area contributed by atoms with Crippen LogP contribution in [0.1, 0.15) is 31.9 Å². The lowest BCUT2D eigenvalue weighted by molar-refractivity contribution is -0.119. The number of rotatable bonds is 5. The van der Waals surface area contributed by atoms with Gasteiger partial charge in [0.05, 0.1) is 16.2 Å². The molecule has 1 amide bonds. The van der Waals surface area contributed by atoms with Crippen LogP contribution in [0.3, 0.4) is 0 Å². The maximum Gasteiger partial charge on any atom is 0.216 e. The summed E-state index contributed by atoms with van der Waals surface area (Å²) in [7, 11) is 0. The number of para-hydroxylation sites is 1. The molecular formula is C19H24ClN3O. The summed E-state index contributed by atoms with van der Waals surface area (Å²) >= 11 is 6.27. The van der Waals surface area contributed by atoms with Crippen molar-refractivity contribution in [3.8, 4) is 0 Å². The summed E-state index contributed by atoms with van der Waals surface area (Å²) in [6, 6.07) is 10.1. The molecule has 0 aliphatic carbocycles. The predicted octanol–water partition coefficient (Wildman–Crippen LogP) is 3.63. The minimum Gasteiger partial charge on any atom is -0.356 e. The first-order valence-electron chi connectivity index (χ1n) is 8.63. The van der Waals surface area contributed by atoms with Crippen LogP contribution in [0.5, 0.6) is 0 Å². The Bertz CT molecular complexity index is 719. The molecule has 0 saturated carbocycles. The number of fused-ring (bicyclic) bond motifs is 1. The third kappa shape index (κ3) is 4.46. The lowest BCUT2D eigenvalue weighted by Crippen LogP contribution is -2.36. The van der Waals surface area contributed by atoms with Gasteiger partial charge < -0.3 is 5.32 Å². The van der Waals surface area contributed by atoms with Gasteiger partial charge in [0.1, 0.15) is 0 Å². The summed E-state index contributed by atoms with van der Waals surface area (Å²) in [5, 5.41) is 4.69. The number of nitrogens with one attached hydrogen (secondary N) is 1. The summed E-state index contributed by atoms with van der Waals surface area (Å²) in [5.74, 6) is 0.703. The maximum absolute atomic E-state index is 11.0. The van der Waals surface area contributed by atoms with Crippen molar-refractivity contribution in [1.29, 1.82) is 0 Å². The predicted molar refractivity (Wildman–Crippen MR) is 98.1 cm³/mol. The van der Waals surface area contributed by atoms with Gasteiger partial charge in [-0.2, -0.15) is 0 Å². The van der Waals surface area contributed by atoms with Gasteiger partial charge in [0.25, 0.3) is 0 Å². The van der Waals surface area contributed by atoms with E-state index < -0.39 is 0 Å². The van der Waals surface area contributed by atoms with Crippen LogP contribution in [0, 0.1) is 5.92 Å². The summed E-state index contributed by atoms with van der Waals surface area (Å²) in [4.78, 5) is 18.2. The molecule has 1 fully saturated rings. The number of pyridine rings is 1. The first-order valence-corrected chi connectivity index (χ1v) is 9.00. The average Bonchev–Trinajstić information content (AvgIpc) is 2.56. The van der Waals surface area contributed by atoms with Crippen molar-refractivity contribution in [3.63, 3.8) is 0 Å². The van der Waals surface area contributed by atoms with Gasteiger partial charge in [0.2, 0.25) is 5.91 Å². The number of halogens is 1. The minimum atomic E-state index is 0.0555. The van der Waals surface area contributed by atoms with Crippen LogP contribution >= 0.6 is 11.6 Å². The van der Waals surface area contributed by atoms with E-state index in [1.807, 2.05) is 18.2 Å². The molecule has 2 aromatic rings. The molecule has 1 atom stereocenters. The van der Waals surface area contributed by atoms with Gasteiger partial charge in [-0.25, -0.2) is 4.98 Å². The standard InChI is InChI=1S/C19H24ClN3O/c1-14(24)21-10-9-15-4-3-11-23(12-15)13-17-8-7-16-5-2-6-18(20)19(16)22-17/h2,5-8,15H,3-4,9-13H2,1H3,(H,21,24)/t15-/m0/s1. The smallest absolute Gasteiger partial charge is 0.216 e. The molecule has 3 rings (SSSR count). The monoisotopic (exact) mass is 345 g/mol. The van der Waals surface area contributed by atoms with E-state index in [9.17, 15) is 4.79 Å². The fourth-order valence-electron chi connectivity index (χ4n) is 3.45. The Hall–Kier alpha value is -1.65. The van der Waals surface area contributed by atoms with Crippen molar-refractivity contribution in [2.75, 3.05) is 19.6 Å². The van der Waals surface area contributed by atoms with Crippen molar-refractivity contribution >= 4 is 28.4 Å². The van der Waals surface area contributed by atoms with E-state index in [2.05, 4.69) is 22.3 Å². The summed E-state index contributed by atoms with van der Waals surface area (Å²) in [6.45, 7) is 5.39. The number of benzene rings is 1. The van der Waals surface area contributed by atoms with Crippen LogP contribution in [0.4, 0.5) is 0 Å². The molecule has 128 valence electrons. The molecule has 0 unspecified atom stereocenters. The Morgan fingerprint density at radius 2 is 2.25 bits per heavy atom. The molecule has 1 aromatic carbocycles.